The predicted molar refractivity (Wildman–Crippen MR) is 78.7 cm³/mol. The topological polar surface area (TPSA) is 70.1 Å². The molecule has 5 heteroatoms. The average molecular weight is 285 g/mol. The summed E-state index contributed by atoms with van der Waals surface area (Å²) in [5.74, 6) is -0.224. The zero-order valence-corrected chi connectivity index (χ0v) is 11.7. The van der Waals surface area contributed by atoms with Gasteiger partial charge in [-0.15, -0.1) is 11.3 Å². The van der Waals surface area contributed by atoms with E-state index in [1.807, 2.05) is 53.9 Å². The maximum atomic E-state index is 12.4. The van der Waals surface area contributed by atoms with Crippen LogP contribution in [0.5, 0.6) is 0 Å². The molecule has 0 spiro atoms. The first-order valence-corrected chi connectivity index (χ1v) is 7.09. The molecule has 1 heterocycles. The highest BCUT2D eigenvalue weighted by molar-refractivity contribution is 7.10. The zero-order chi connectivity index (χ0) is 14.4. The summed E-state index contributed by atoms with van der Waals surface area (Å²) >= 11 is 1.45. The van der Waals surface area contributed by atoms with E-state index in [0.717, 1.165) is 10.4 Å². The van der Waals surface area contributed by atoms with Crippen LogP contribution < -0.4 is 5.73 Å². The maximum absolute atomic E-state index is 12.4. The molecule has 0 saturated carbocycles. The molecular weight excluding hydrogens is 270 g/mol. The van der Waals surface area contributed by atoms with E-state index in [2.05, 4.69) is 0 Å². The number of nitrogens with zero attached hydrogens (tertiary/aromatic N) is 2. The van der Waals surface area contributed by atoms with Gasteiger partial charge in [0.05, 0.1) is 6.07 Å². The van der Waals surface area contributed by atoms with Crippen LogP contribution in [-0.4, -0.2) is 17.4 Å². The molecular formula is C15H15N3OS. The van der Waals surface area contributed by atoms with E-state index < -0.39 is 6.04 Å². The first kappa shape index (κ1) is 14.3. The first-order chi connectivity index (χ1) is 9.72. The summed E-state index contributed by atoms with van der Waals surface area (Å²) in [5, 5.41) is 10.8. The quantitative estimate of drug-likeness (QED) is 0.857. The molecule has 2 N–H and O–H groups in total. The number of benzene rings is 1. The van der Waals surface area contributed by atoms with Crippen LogP contribution in [0.4, 0.5) is 0 Å². The van der Waals surface area contributed by atoms with Gasteiger partial charge in [-0.25, -0.2) is 0 Å². The van der Waals surface area contributed by atoms with Gasteiger partial charge < -0.3 is 10.6 Å². The normalized spacial score (nSPS) is 11.6. The van der Waals surface area contributed by atoms with Crippen molar-refractivity contribution >= 4 is 17.2 Å². The van der Waals surface area contributed by atoms with Crippen LogP contribution >= 0.6 is 11.3 Å². The molecule has 2 aromatic rings. The Balaban J connectivity index is 2.12. The highest BCUT2D eigenvalue weighted by Gasteiger charge is 2.23. The van der Waals surface area contributed by atoms with Gasteiger partial charge in [0.2, 0.25) is 5.91 Å². The first-order valence-electron chi connectivity index (χ1n) is 6.21. The molecule has 0 fully saturated rings. The summed E-state index contributed by atoms with van der Waals surface area (Å²) in [5.41, 5.74) is 6.96. The van der Waals surface area contributed by atoms with Crippen molar-refractivity contribution in [1.29, 1.82) is 5.26 Å². The van der Waals surface area contributed by atoms with Gasteiger partial charge in [0.25, 0.3) is 0 Å². The Morgan fingerprint density at radius 1 is 1.30 bits per heavy atom. The molecule has 20 heavy (non-hydrogen) atoms. The molecule has 1 amide bonds. The summed E-state index contributed by atoms with van der Waals surface area (Å²) < 4.78 is 0. The van der Waals surface area contributed by atoms with Crippen LogP contribution in [0.2, 0.25) is 0 Å². The SMILES string of the molecule is N#CCN(Cc1ccccc1)C(=O)C(N)c1cccs1. The monoisotopic (exact) mass is 285 g/mol. The Morgan fingerprint density at radius 2 is 2.05 bits per heavy atom. The minimum Gasteiger partial charge on any atom is -0.323 e. The van der Waals surface area contributed by atoms with Gasteiger partial charge in [0.15, 0.2) is 0 Å². The smallest absolute Gasteiger partial charge is 0.246 e. The number of hydrogen-bond donors (Lipinski definition) is 1. The fourth-order valence-electron chi connectivity index (χ4n) is 1.89. The second-order valence-corrected chi connectivity index (χ2v) is 5.31. The Hall–Kier alpha value is -2.16. The molecule has 0 aliphatic carbocycles. The van der Waals surface area contributed by atoms with Crippen LogP contribution in [0.15, 0.2) is 47.8 Å². The molecule has 1 atom stereocenters. The lowest BCUT2D eigenvalue weighted by atomic mass is 10.1. The lowest BCUT2D eigenvalue weighted by Gasteiger charge is -2.22. The van der Waals surface area contributed by atoms with Gasteiger partial charge >= 0.3 is 0 Å². The molecule has 0 aliphatic rings. The van der Waals surface area contributed by atoms with E-state index >= 15 is 0 Å². The fraction of sp³-hybridized carbons (Fsp3) is 0.200. The molecule has 0 saturated heterocycles. The highest BCUT2D eigenvalue weighted by atomic mass is 32.1. The van der Waals surface area contributed by atoms with E-state index in [9.17, 15) is 4.79 Å². The van der Waals surface area contributed by atoms with Gasteiger partial charge in [-0.05, 0) is 17.0 Å². The van der Waals surface area contributed by atoms with Crippen molar-refractivity contribution in [3.05, 3.63) is 58.3 Å². The lowest BCUT2D eigenvalue weighted by molar-refractivity contribution is -0.132. The molecule has 1 aromatic heterocycles. The van der Waals surface area contributed by atoms with Gasteiger partial charge in [-0.3, -0.25) is 4.79 Å². The number of carbonyl (C=O) groups is 1. The molecule has 1 unspecified atom stereocenters. The minimum absolute atomic E-state index is 0.0345. The van der Waals surface area contributed by atoms with Gasteiger partial charge in [0.1, 0.15) is 12.6 Å². The van der Waals surface area contributed by atoms with Crippen molar-refractivity contribution in [3.8, 4) is 6.07 Å². The second kappa shape index (κ2) is 6.85. The number of amides is 1. The molecule has 102 valence electrons. The molecule has 0 radical (unpaired) electrons. The maximum Gasteiger partial charge on any atom is 0.246 e. The molecule has 4 nitrogen and oxygen atoms in total. The predicted octanol–water partition coefficient (Wildman–Crippen LogP) is 2.30. The van der Waals surface area contributed by atoms with Gasteiger partial charge in [0, 0.05) is 11.4 Å². The third-order valence-electron chi connectivity index (χ3n) is 2.91. The van der Waals surface area contributed by atoms with Crippen molar-refractivity contribution in [1.82, 2.24) is 4.90 Å². The average Bonchev–Trinajstić information content (AvgIpc) is 3.00. The molecule has 1 aromatic carbocycles. The van der Waals surface area contributed by atoms with Crippen molar-refractivity contribution in [3.63, 3.8) is 0 Å². The largest absolute Gasteiger partial charge is 0.323 e. The number of nitrogens with two attached hydrogens (primary N) is 1. The van der Waals surface area contributed by atoms with Crippen molar-refractivity contribution < 1.29 is 4.79 Å². The summed E-state index contributed by atoms with van der Waals surface area (Å²) in [6.45, 7) is 0.430. The number of nitriles is 1. The Morgan fingerprint density at radius 3 is 2.65 bits per heavy atom. The molecule has 0 aliphatic heterocycles. The number of carbonyl (C=O) groups excluding carboxylic acids is 1. The molecule has 2 rings (SSSR count). The summed E-state index contributed by atoms with van der Waals surface area (Å²) in [6.07, 6.45) is 0. The van der Waals surface area contributed by atoms with Crippen LogP contribution in [0.25, 0.3) is 0 Å². The van der Waals surface area contributed by atoms with E-state index in [0.29, 0.717) is 6.54 Å². The Kier molecular flexibility index (Phi) is 4.88. The number of hydrogen-bond acceptors (Lipinski definition) is 4. The van der Waals surface area contributed by atoms with E-state index in [1.54, 1.807) is 0 Å². The molecule has 0 bridgehead atoms. The standard InChI is InChI=1S/C15H15N3OS/c16-8-9-18(11-12-5-2-1-3-6-12)15(19)14(17)13-7-4-10-20-13/h1-7,10,14H,9,11,17H2. The minimum atomic E-state index is -0.702. The summed E-state index contributed by atoms with van der Waals surface area (Å²) in [7, 11) is 0. The highest BCUT2D eigenvalue weighted by Crippen LogP contribution is 2.19. The third kappa shape index (κ3) is 3.44. The van der Waals surface area contributed by atoms with Crippen LogP contribution in [-0.2, 0) is 11.3 Å². The Labute approximate surface area is 122 Å². The lowest BCUT2D eigenvalue weighted by Crippen LogP contribution is -2.38. The van der Waals surface area contributed by atoms with E-state index in [-0.39, 0.29) is 12.5 Å². The van der Waals surface area contributed by atoms with Crippen LogP contribution in [0, 0.1) is 11.3 Å². The number of thiophene rings is 1. The zero-order valence-electron chi connectivity index (χ0n) is 10.9. The van der Waals surface area contributed by atoms with Crippen LogP contribution in [0.1, 0.15) is 16.5 Å². The fourth-order valence-corrected chi connectivity index (χ4v) is 2.61. The van der Waals surface area contributed by atoms with Crippen molar-refractivity contribution in [2.24, 2.45) is 5.73 Å². The Bertz CT molecular complexity index is 589. The van der Waals surface area contributed by atoms with Crippen molar-refractivity contribution in [2.75, 3.05) is 6.54 Å². The van der Waals surface area contributed by atoms with Crippen LogP contribution in [0.3, 0.4) is 0 Å². The van der Waals surface area contributed by atoms with Gasteiger partial charge in [-0.2, -0.15) is 5.26 Å². The summed E-state index contributed by atoms with van der Waals surface area (Å²) in [6, 6.07) is 14.6. The summed E-state index contributed by atoms with van der Waals surface area (Å²) in [4.78, 5) is 14.7. The van der Waals surface area contributed by atoms with Crippen molar-refractivity contribution in [2.45, 2.75) is 12.6 Å². The van der Waals surface area contributed by atoms with Gasteiger partial charge in [-0.1, -0.05) is 36.4 Å². The third-order valence-corrected chi connectivity index (χ3v) is 3.86. The van der Waals surface area contributed by atoms with E-state index in [4.69, 9.17) is 11.0 Å². The number of rotatable bonds is 5. The van der Waals surface area contributed by atoms with E-state index in [1.165, 1.54) is 16.2 Å². The second-order valence-electron chi connectivity index (χ2n) is 4.33.